The Morgan fingerprint density at radius 3 is 2.32 bits per heavy atom. The second-order valence-corrected chi connectivity index (χ2v) is 12.0. The smallest absolute Gasteiger partial charge is 0.0690 e. The number of nitrogens with zero attached hydrogens (tertiary/aromatic N) is 1. The van der Waals surface area contributed by atoms with E-state index in [9.17, 15) is 0 Å². The summed E-state index contributed by atoms with van der Waals surface area (Å²) in [4.78, 5) is 2.47. The summed E-state index contributed by atoms with van der Waals surface area (Å²) in [5, 5.41) is 4.50. The average molecular weight is 446 g/mol. The Morgan fingerprint density at radius 2 is 1.74 bits per heavy atom. The first-order chi connectivity index (χ1) is 14.5. The van der Waals surface area contributed by atoms with E-state index in [1.807, 2.05) is 18.0 Å². The second kappa shape index (κ2) is 11.5. The van der Waals surface area contributed by atoms with Crippen LogP contribution in [0, 0.1) is 17.3 Å². The van der Waals surface area contributed by atoms with Crippen molar-refractivity contribution in [1.29, 1.82) is 0 Å². The van der Waals surface area contributed by atoms with Crippen LogP contribution < -0.4 is 10.0 Å². The molecule has 2 rings (SSSR count). The molecule has 3 nitrogen and oxygen atoms in total. The highest BCUT2D eigenvalue weighted by Crippen LogP contribution is 2.33. The summed E-state index contributed by atoms with van der Waals surface area (Å²) in [5.74, 6) is 0.752. The van der Waals surface area contributed by atoms with E-state index in [1.54, 1.807) is 0 Å². The monoisotopic (exact) mass is 445 g/mol. The number of allylic oxidation sites excluding steroid dienone is 2. The van der Waals surface area contributed by atoms with E-state index < -0.39 is 0 Å². The average Bonchev–Trinajstić information content (AvgIpc) is 3.39. The molecular formula is C27H47N3S. The fraction of sp³-hybridized carbons (Fsp3) is 0.704. The van der Waals surface area contributed by atoms with E-state index in [-0.39, 0.29) is 11.5 Å². The Bertz CT molecular complexity index is 641. The number of rotatable bonds is 12. The van der Waals surface area contributed by atoms with E-state index in [0.717, 1.165) is 30.8 Å². The summed E-state index contributed by atoms with van der Waals surface area (Å²) in [5.41, 5.74) is 3.62. The van der Waals surface area contributed by atoms with Gasteiger partial charge in [-0.15, -0.1) is 6.58 Å². The van der Waals surface area contributed by atoms with Gasteiger partial charge < -0.3 is 14.9 Å². The predicted octanol–water partition coefficient (Wildman–Crippen LogP) is 7.02. The van der Waals surface area contributed by atoms with Gasteiger partial charge in [-0.2, -0.15) is 0 Å². The first-order valence-electron chi connectivity index (χ1n) is 12.2. The molecule has 0 aromatic rings. The molecule has 4 atom stereocenters. The minimum Gasteiger partial charge on any atom is -0.379 e. The molecule has 176 valence electrons. The fourth-order valence-electron chi connectivity index (χ4n) is 4.80. The number of nitrogens with one attached hydrogen (secondary N) is 2. The zero-order valence-electron chi connectivity index (χ0n) is 20.8. The highest BCUT2D eigenvalue weighted by Gasteiger charge is 2.32. The Balaban J connectivity index is 2.07. The van der Waals surface area contributed by atoms with Gasteiger partial charge in [0, 0.05) is 28.9 Å². The van der Waals surface area contributed by atoms with Gasteiger partial charge in [0.15, 0.2) is 0 Å². The molecule has 0 aromatic heterocycles. The van der Waals surface area contributed by atoms with Crippen molar-refractivity contribution >= 4 is 11.9 Å². The van der Waals surface area contributed by atoms with Crippen molar-refractivity contribution in [1.82, 2.24) is 14.9 Å². The first kappa shape index (κ1) is 26.0. The summed E-state index contributed by atoms with van der Waals surface area (Å²) in [6, 6.07) is 0.423. The molecule has 1 heterocycles. The lowest BCUT2D eigenvalue weighted by molar-refractivity contribution is 0.279. The predicted molar refractivity (Wildman–Crippen MR) is 140 cm³/mol. The highest BCUT2D eigenvalue weighted by molar-refractivity contribution is 7.98. The van der Waals surface area contributed by atoms with E-state index >= 15 is 0 Å². The summed E-state index contributed by atoms with van der Waals surface area (Å²) in [6.45, 7) is 29.8. The molecule has 0 spiro atoms. The zero-order valence-corrected chi connectivity index (χ0v) is 21.6. The van der Waals surface area contributed by atoms with Crippen molar-refractivity contribution in [2.75, 3.05) is 6.54 Å². The minimum atomic E-state index is 0.118. The van der Waals surface area contributed by atoms with Crippen LogP contribution >= 0.6 is 11.9 Å². The Kier molecular flexibility index (Phi) is 9.66. The van der Waals surface area contributed by atoms with Crippen molar-refractivity contribution in [3.63, 3.8) is 0 Å². The van der Waals surface area contributed by atoms with Gasteiger partial charge in [0.2, 0.25) is 0 Å². The van der Waals surface area contributed by atoms with Gasteiger partial charge in [-0.05, 0) is 61.3 Å². The van der Waals surface area contributed by atoms with E-state index in [4.69, 9.17) is 0 Å². The van der Waals surface area contributed by atoms with Gasteiger partial charge >= 0.3 is 0 Å². The molecule has 0 radical (unpaired) electrons. The van der Waals surface area contributed by atoms with Crippen molar-refractivity contribution in [2.24, 2.45) is 17.3 Å². The van der Waals surface area contributed by atoms with Crippen LogP contribution in [0.25, 0.3) is 0 Å². The first-order valence-corrected chi connectivity index (χ1v) is 13.0. The van der Waals surface area contributed by atoms with Crippen LogP contribution in [0.1, 0.15) is 79.6 Å². The third kappa shape index (κ3) is 7.66. The van der Waals surface area contributed by atoms with Gasteiger partial charge in [0.1, 0.15) is 0 Å². The van der Waals surface area contributed by atoms with Crippen LogP contribution in [0.15, 0.2) is 49.5 Å². The maximum Gasteiger partial charge on any atom is 0.0690 e. The normalized spacial score (nSPS) is 22.6. The molecule has 1 saturated heterocycles. The molecule has 2 N–H and O–H groups in total. The molecule has 4 heteroatoms. The molecule has 2 aliphatic rings. The van der Waals surface area contributed by atoms with Gasteiger partial charge in [-0.3, -0.25) is 0 Å². The summed E-state index contributed by atoms with van der Waals surface area (Å²) in [7, 11) is 0. The second-order valence-electron chi connectivity index (χ2n) is 10.9. The highest BCUT2D eigenvalue weighted by atomic mass is 32.2. The van der Waals surface area contributed by atoms with Crippen molar-refractivity contribution < 1.29 is 0 Å². The quantitative estimate of drug-likeness (QED) is 0.249. The molecule has 1 aliphatic carbocycles. The molecule has 31 heavy (non-hydrogen) atoms. The Labute approximate surface area is 197 Å². The maximum atomic E-state index is 4.50. The van der Waals surface area contributed by atoms with Crippen LogP contribution in [-0.4, -0.2) is 28.8 Å². The van der Waals surface area contributed by atoms with Gasteiger partial charge in [0.05, 0.1) is 12.1 Å². The van der Waals surface area contributed by atoms with E-state index in [2.05, 4.69) is 75.9 Å². The fourth-order valence-corrected chi connectivity index (χ4v) is 5.81. The van der Waals surface area contributed by atoms with Crippen LogP contribution in [0.3, 0.4) is 0 Å². The van der Waals surface area contributed by atoms with E-state index in [0.29, 0.717) is 23.1 Å². The van der Waals surface area contributed by atoms with Crippen molar-refractivity contribution in [2.45, 2.75) is 96.9 Å². The van der Waals surface area contributed by atoms with Gasteiger partial charge in [0.25, 0.3) is 0 Å². The lowest BCUT2D eigenvalue weighted by Gasteiger charge is -2.37. The van der Waals surface area contributed by atoms with Crippen LogP contribution in [-0.2, 0) is 0 Å². The van der Waals surface area contributed by atoms with Crippen LogP contribution in [0.5, 0.6) is 0 Å². The largest absolute Gasteiger partial charge is 0.379 e. The third-order valence-electron chi connectivity index (χ3n) is 6.90. The van der Waals surface area contributed by atoms with Gasteiger partial charge in [-0.25, -0.2) is 0 Å². The minimum absolute atomic E-state index is 0.118. The Hall–Kier alpha value is -1.29. The maximum absolute atomic E-state index is 4.50. The molecule has 1 saturated carbocycles. The van der Waals surface area contributed by atoms with Crippen LogP contribution in [0.2, 0.25) is 0 Å². The third-order valence-corrected chi connectivity index (χ3v) is 8.08. The topological polar surface area (TPSA) is 27.3 Å². The van der Waals surface area contributed by atoms with Gasteiger partial charge in [-0.1, -0.05) is 73.3 Å². The summed E-state index contributed by atoms with van der Waals surface area (Å²) < 4.78 is 3.60. The lowest BCUT2D eigenvalue weighted by Crippen LogP contribution is -2.45. The molecule has 0 amide bonds. The summed E-state index contributed by atoms with van der Waals surface area (Å²) in [6.07, 6.45) is 10.7. The summed E-state index contributed by atoms with van der Waals surface area (Å²) >= 11 is 1.86. The van der Waals surface area contributed by atoms with Crippen molar-refractivity contribution in [3.05, 3.63) is 49.5 Å². The molecule has 0 bridgehead atoms. The number of hydrogen-bond acceptors (Lipinski definition) is 4. The SMILES string of the molecule is C=CC(C)C(C)C(NC(=C)[C@@H]1CCCN1C(=C)CC(C)(C)C)C(=C)NSC1CCCC1. The Morgan fingerprint density at radius 1 is 1.10 bits per heavy atom. The molecule has 1 aliphatic heterocycles. The number of hydrogen-bond donors (Lipinski definition) is 2. The number of likely N-dealkylation sites (tertiary alicyclic amines) is 1. The van der Waals surface area contributed by atoms with Crippen molar-refractivity contribution in [3.8, 4) is 0 Å². The zero-order chi connectivity index (χ0) is 23.2. The lowest BCUT2D eigenvalue weighted by atomic mass is 9.87. The van der Waals surface area contributed by atoms with Crippen LogP contribution in [0.4, 0.5) is 0 Å². The molecule has 3 unspecified atom stereocenters. The standard InChI is InChI=1S/C27H47N3S/c1-10-19(2)21(4)26(23(6)29-31-24-14-11-12-15-24)28-22(5)25-16-13-17-30(25)20(3)18-27(7,8)9/h10,19,21,24-26,28-29H,1,3,5-6,11-18H2,2,4,7-9H3/t19?,21?,25-,26?/m0/s1. The van der Waals surface area contributed by atoms with E-state index in [1.165, 1.54) is 37.8 Å². The molecule has 0 aromatic carbocycles. The molecule has 2 fully saturated rings. The molecular weight excluding hydrogens is 398 g/mol.